The minimum Gasteiger partial charge on any atom is -0.343 e. The van der Waals surface area contributed by atoms with Crippen LogP contribution in [0.15, 0.2) is 24.3 Å². The minimum atomic E-state index is -0.0393. The molecule has 2 heterocycles. The van der Waals surface area contributed by atoms with E-state index in [9.17, 15) is 9.59 Å². The first-order chi connectivity index (χ1) is 14.7. The summed E-state index contributed by atoms with van der Waals surface area (Å²) >= 11 is 1.72. The zero-order valence-corrected chi connectivity index (χ0v) is 18.4. The topological polar surface area (TPSA) is 74.3 Å². The van der Waals surface area contributed by atoms with Gasteiger partial charge in [-0.25, -0.2) is 9.78 Å². The first kappa shape index (κ1) is 21.1. The van der Waals surface area contributed by atoms with E-state index in [4.69, 9.17) is 0 Å². The zero-order chi connectivity index (χ0) is 20.8. The number of piperidine rings is 1. The van der Waals surface area contributed by atoms with Crippen LogP contribution < -0.4 is 10.6 Å². The molecular formula is C23H32N4O2S. The lowest BCUT2D eigenvalue weighted by atomic mass is 9.96. The number of fused-ring (bicyclic) bond motifs is 1. The van der Waals surface area contributed by atoms with Crippen molar-refractivity contribution in [2.45, 2.75) is 76.3 Å². The van der Waals surface area contributed by atoms with Crippen LogP contribution in [0.25, 0.3) is 10.2 Å². The van der Waals surface area contributed by atoms with Gasteiger partial charge in [-0.1, -0.05) is 31.4 Å². The monoisotopic (exact) mass is 428 g/mol. The lowest BCUT2D eigenvalue weighted by molar-refractivity contribution is -0.132. The largest absolute Gasteiger partial charge is 0.343 e. The van der Waals surface area contributed by atoms with Gasteiger partial charge in [-0.15, -0.1) is 11.3 Å². The van der Waals surface area contributed by atoms with Crippen molar-refractivity contribution in [1.82, 2.24) is 20.5 Å². The summed E-state index contributed by atoms with van der Waals surface area (Å²) in [5, 5.41) is 7.33. The Kier molecular flexibility index (Phi) is 7.20. The molecule has 2 aliphatic rings. The number of amides is 3. The molecule has 30 heavy (non-hydrogen) atoms. The molecule has 1 saturated heterocycles. The van der Waals surface area contributed by atoms with E-state index in [1.807, 2.05) is 23.1 Å². The molecule has 2 fully saturated rings. The summed E-state index contributed by atoms with van der Waals surface area (Å²) < 4.78 is 1.21. The first-order valence-corrected chi connectivity index (χ1v) is 12.2. The third-order valence-electron chi connectivity index (χ3n) is 6.24. The molecule has 2 aromatic rings. The highest BCUT2D eigenvalue weighted by molar-refractivity contribution is 7.18. The van der Waals surface area contributed by atoms with Crippen LogP contribution in [-0.2, 0) is 11.2 Å². The predicted octanol–water partition coefficient (Wildman–Crippen LogP) is 4.24. The predicted molar refractivity (Wildman–Crippen MR) is 121 cm³/mol. The maximum Gasteiger partial charge on any atom is 0.315 e. The van der Waals surface area contributed by atoms with E-state index in [0.29, 0.717) is 12.5 Å². The number of nitrogens with zero attached hydrogens (tertiary/aromatic N) is 2. The average molecular weight is 429 g/mol. The van der Waals surface area contributed by atoms with Gasteiger partial charge in [0.05, 0.1) is 15.2 Å². The Morgan fingerprint density at radius 1 is 1.00 bits per heavy atom. The lowest BCUT2D eigenvalue weighted by Gasteiger charge is -2.33. The fourth-order valence-corrected chi connectivity index (χ4v) is 5.52. The molecule has 0 radical (unpaired) electrons. The molecule has 2 N–H and O–H groups in total. The van der Waals surface area contributed by atoms with Crippen molar-refractivity contribution in [1.29, 1.82) is 0 Å². The summed E-state index contributed by atoms with van der Waals surface area (Å²) in [6.07, 6.45) is 9.82. The normalized spacial score (nSPS) is 18.5. The van der Waals surface area contributed by atoms with Crippen LogP contribution in [0.3, 0.4) is 0 Å². The molecule has 1 aromatic heterocycles. The summed E-state index contributed by atoms with van der Waals surface area (Å²) in [7, 11) is 0. The van der Waals surface area contributed by atoms with Crippen LogP contribution in [0.4, 0.5) is 4.79 Å². The van der Waals surface area contributed by atoms with Crippen molar-refractivity contribution in [3.63, 3.8) is 0 Å². The second-order valence-corrected chi connectivity index (χ2v) is 9.65. The van der Waals surface area contributed by atoms with Gasteiger partial charge >= 0.3 is 6.03 Å². The number of carbonyl (C=O) groups is 2. The Morgan fingerprint density at radius 3 is 2.43 bits per heavy atom. The van der Waals surface area contributed by atoms with Crippen molar-refractivity contribution in [3.8, 4) is 0 Å². The highest BCUT2D eigenvalue weighted by Crippen LogP contribution is 2.23. The number of aryl methyl sites for hydroxylation is 1. The Morgan fingerprint density at radius 2 is 1.70 bits per heavy atom. The highest BCUT2D eigenvalue weighted by Gasteiger charge is 2.24. The Bertz CT molecular complexity index is 821. The lowest BCUT2D eigenvalue weighted by Crippen LogP contribution is -2.51. The molecule has 4 rings (SSSR count). The fraction of sp³-hybridized carbons (Fsp3) is 0.609. The molecule has 3 amide bonds. The number of hydrogen-bond donors (Lipinski definition) is 2. The molecule has 6 nitrogen and oxygen atoms in total. The van der Waals surface area contributed by atoms with Crippen LogP contribution in [0.5, 0.6) is 0 Å². The quantitative estimate of drug-likeness (QED) is 0.723. The van der Waals surface area contributed by atoms with Gasteiger partial charge in [-0.3, -0.25) is 4.79 Å². The number of hydrogen-bond acceptors (Lipinski definition) is 4. The van der Waals surface area contributed by atoms with E-state index in [2.05, 4.69) is 21.7 Å². The summed E-state index contributed by atoms with van der Waals surface area (Å²) in [6, 6.07) is 8.63. The average Bonchev–Trinajstić information content (AvgIpc) is 3.17. The number of thiazole rings is 1. The Balaban J connectivity index is 1.14. The summed E-state index contributed by atoms with van der Waals surface area (Å²) in [6.45, 7) is 1.46. The number of carbonyl (C=O) groups excluding carboxylic acids is 2. The van der Waals surface area contributed by atoms with E-state index >= 15 is 0 Å². The molecule has 0 bridgehead atoms. The van der Waals surface area contributed by atoms with Crippen LogP contribution in [0.2, 0.25) is 0 Å². The smallest absolute Gasteiger partial charge is 0.315 e. The van der Waals surface area contributed by atoms with Crippen LogP contribution in [-0.4, -0.2) is 47.0 Å². The zero-order valence-electron chi connectivity index (χ0n) is 17.6. The number of benzene rings is 1. The van der Waals surface area contributed by atoms with Crippen molar-refractivity contribution in [3.05, 3.63) is 29.3 Å². The van der Waals surface area contributed by atoms with Gasteiger partial charge < -0.3 is 15.5 Å². The van der Waals surface area contributed by atoms with Crippen LogP contribution in [0, 0.1) is 0 Å². The molecule has 7 heteroatoms. The standard InChI is InChI=1S/C23H32N4O2S/c28-22(12-6-11-21-26-19-9-4-5-10-20(19)30-21)27-15-13-18(14-16-27)25-23(29)24-17-7-2-1-3-8-17/h4-5,9-10,17-18H,1-3,6-8,11-16H2,(H2,24,25,29). The SMILES string of the molecule is O=C(NC1CCCCC1)NC1CCN(C(=O)CCCc2nc3ccccc3s2)CC1. The van der Waals surface area contributed by atoms with Crippen molar-refractivity contribution >= 4 is 33.5 Å². The second-order valence-electron chi connectivity index (χ2n) is 8.54. The minimum absolute atomic E-state index is 0.0393. The third kappa shape index (κ3) is 5.72. The fourth-order valence-electron chi connectivity index (χ4n) is 4.51. The van der Waals surface area contributed by atoms with Gasteiger partial charge in [-0.05, 0) is 50.7 Å². The van der Waals surface area contributed by atoms with Crippen molar-refractivity contribution in [2.75, 3.05) is 13.1 Å². The summed E-state index contributed by atoms with van der Waals surface area (Å²) in [5.41, 5.74) is 1.05. The summed E-state index contributed by atoms with van der Waals surface area (Å²) in [4.78, 5) is 31.4. The Labute approximate surface area is 182 Å². The van der Waals surface area contributed by atoms with E-state index in [-0.39, 0.29) is 18.0 Å². The second kappa shape index (κ2) is 10.2. The van der Waals surface area contributed by atoms with Gasteiger partial charge in [0, 0.05) is 31.6 Å². The van der Waals surface area contributed by atoms with E-state index in [1.54, 1.807) is 11.3 Å². The maximum absolute atomic E-state index is 12.6. The molecule has 162 valence electrons. The van der Waals surface area contributed by atoms with Crippen molar-refractivity contribution < 1.29 is 9.59 Å². The number of rotatable bonds is 6. The van der Waals surface area contributed by atoms with Gasteiger partial charge in [0.1, 0.15) is 0 Å². The first-order valence-electron chi connectivity index (χ1n) is 11.4. The molecule has 1 saturated carbocycles. The molecule has 1 aromatic carbocycles. The number of aromatic nitrogens is 1. The number of likely N-dealkylation sites (tertiary alicyclic amines) is 1. The highest BCUT2D eigenvalue weighted by atomic mass is 32.1. The Hall–Kier alpha value is -2.15. The maximum atomic E-state index is 12.6. The molecule has 0 spiro atoms. The van der Waals surface area contributed by atoms with Gasteiger partial charge in [0.25, 0.3) is 0 Å². The number of para-hydroxylation sites is 1. The van der Waals surface area contributed by atoms with E-state index < -0.39 is 0 Å². The van der Waals surface area contributed by atoms with Crippen molar-refractivity contribution in [2.24, 2.45) is 0 Å². The third-order valence-corrected chi connectivity index (χ3v) is 7.34. The molecule has 1 aliphatic heterocycles. The molecule has 0 unspecified atom stereocenters. The summed E-state index contributed by atoms with van der Waals surface area (Å²) in [5.74, 6) is 0.223. The number of urea groups is 1. The number of nitrogens with one attached hydrogen (secondary N) is 2. The van der Waals surface area contributed by atoms with Gasteiger partial charge in [0.15, 0.2) is 0 Å². The van der Waals surface area contributed by atoms with Crippen LogP contribution in [0.1, 0.15) is 62.8 Å². The van der Waals surface area contributed by atoms with Gasteiger partial charge in [-0.2, -0.15) is 0 Å². The molecular weight excluding hydrogens is 396 g/mol. The molecule has 1 aliphatic carbocycles. The van der Waals surface area contributed by atoms with E-state index in [1.165, 1.54) is 24.0 Å². The molecule has 0 atom stereocenters. The van der Waals surface area contributed by atoms with Crippen LogP contribution >= 0.6 is 11.3 Å². The van der Waals surface area contributed by atoms with Gasteiger partial charge in [0.2, 0.25) is 5.91 Å². The van der Waals surface area contributed by atoms with E-state index in [0.717, 1.165) is 62.1 Å².